The Morgan fingerprint density at radius 2 is 1.73 bits per heavy atom. The predicted molar refractivity (Wildman–Crippen MR) is 171 cm³/mol. The Labute approximate surface area is 243 Å². The highest BCUT2D eigenvalue weighted by atomic mass is 32.2. The van der Waals surface area contributed by atoms with Crippen molar-refractivity contribution in [3.63, 3.8) is 0 Å². The maximum atomic E-state index is 13.5. The number of carbonyl (C=O) groups is 1. The third-order valence-corrected chi connectivity index (χ3v) is 6.85. The van der Waals surface area contributed by atoms with E-state index in [4.69, 9.17) is 21.7 Å². The normalized spacial score (nSPS) is 12.0. The number of amidine groups is 1. The molecular weight excluding hydrogens is 522 g/mol. The molecule has 2 aromatic carbocycles. The minimum Gasteiger partial charge on any atom is -0.492 e. The highest BCUT2D eigenvalue weighted by Gasteiger charge is 2.24. The molecule has 0 radical (unpaired) electrons. The Hall–Kier alpha value is -3.63. The highest BCUT2D eigenvalue weighted by molar-refractivity contribution is 7.99. The molecule has 0 aromatic heterocycles. The fourth-order valence-corrected chi connectivity index (χ4v) is 4.28. The molecule has 0 aliphatic heterocycles. The fourth-order valence-electron chi connectivity index (χ4n) is 3.91. The lowest BCUT2D eigenvalue weighted by Crippen LogP contribution is -2.37. The first kappa shape index (κ1) is 32.6. The number of likely N-dealkylation sites (N-methyl/N-ethyl adjacent to an activating group) is 1. The maximum Gasteiger partial charge on any atom is 0.255 e. The Balaban J connectivity index is 2.41. The van der Waals surface area contributed by atoms with E-state index >= 15 is 0 Å². The average molecular weight is 568 g/mol. The van der Waals surface area contributed by atoms with E-state index < -0.39 is 0 Å². The van der Waals surface area contributed by atoms with Gasteiger partial charge >= 0.3 is 0 Å². The molecule has 0 fully saturated rings. The van der Waals surface area contributed by atoms with Gasteiger partial charge in [0.25, 0.3) is 5.91 Å². The Morgan fingerprint density at radius 3 is 2.25 bits per heavy atom. The first-order valence-corrected chi connectivity index (χ1v) is 14.1. The maximum absolute atomic E-state index is 13.5. The van der Waals surface area contributed by atoms with Crippen molar-refractivity contribution in [2.45, 2.75) is 53.9 Å². The van der Waals surface area contributed by atoms with Crippen LogP contribution in [0.5, 0.6) is 5.75 Å². The van der Waals surface area contributed by atoms with E-state index in [0.717, 1.165) is 16.8 Å². The number of hydrazine groups is 1. The lowest BCUT2D eigenvalue weighted by Gasteiger charge is -2.31. The summed E-state index contributed by atoms with van der Waals surface area (Å²) in [5.74, 6) is 6.99. The van der Waals surface area contributed by atoms with Crippen molar-refractivity contribution in [3.05, 3.63) is 71.2 Å². The fraction of sp³-hybridized carbons (Fsp3) is 0.400. The van der Waals surface area contributed by atoms with Gasteiger partial charge in [0.1, 0.15) is 5.84 Å². The molecule has 0 bridgehead atoms. The number of nitrogens with two attached hydrogens (primary N) is 2. The van der Waals surface area contributed by atoms with E-state index in [9.17, 15) is 4.79 Å². The van der Waals surface area contributed by atoms with Crippen LogP contribution in [0.15, 0.2) is 54.5 Å². The molecule has 218 valence electrons. The molecule has 0 spiro atoms. The third kappa shape index (κ3) is 7.73. The lowest BCUT2D eigenvalue weighted by atomic mass is 9.86. The van der Waals surface area contributed by atoms with E-state index in [-0.39, 0.29) is 16.7 Å². The second-order valence-electron chi connectivity index (χ2n) is 11.7. The van der Waals surface area contributed by atoms with Gasteiger partial charge in [-0.1, -0.05) is 66.1 Å². The standard InChI is InChI=1S/C30H45N7O2S/c1-18-12-13-20(14-25(18)37(33)17-22(31)19(2)36(9)28(32)30(6,7)8)27(38)34-23-15-21(29(3,4)5)16-24(35-40-11)26(23)39-10/h12-17,32,35H,2,31,33H2,1,3-11H3,(H,34,38)/b22-17-,32-28?. The summed E-state index contributed by atoms with van der Waals surface area (Å²) in [6.45, 7) is 18.1. The van der Waals surface area contributed by atoms with Crippen LogP contribution in [0.3, 0.4) is 0 Å². The van der Waals surface area contributed by atoms with Gasteiger partial charge in [-0.2, -0.15) is 0 Å². The van der Waals surface area contributed by atoms with E-state index in [2.05, 4.69) is 37.4 Å². The first-order chi connectivity index (χ1) is 18.4. The second-order valence-corrected chi connectivity index (χ2v) is 12.3. The molecule has 0 unspecified atom stereocenters. The predicted octanol–water partition coefficient (Wildman–Crippen LogP) is 6.19. The number of rotatable bonds is 9. The molecule has 1 amide bonds. The van der Waals surface area contributed by atoms with Crippen LogP contribution in [0.4, 0.5) is 17.1 Å². The zero-order valence-electron chi connectivity index (χ0n) is 25.4. The van der Waals surface area contributed by atoms with Gasteiger partial charge in [0.2, 0.25) is 0 Å². The zero-order valence-corrected chi connectivity index (χ0v) is 26.3. The molecular formula is C30H45N7O2S. The van der Waals surface area contributed by atoms with Gasteiger partial charge in [-0.05, 0) is 47.7 Å². The summed E-state index contributed by atoms with van der Waals surface area (Å²) < 4.78 is 8.92. The lowest BCUT2D eigenvalue weighted by molar-refractivity contribution is 0.102. The van der Waals surface area contributed by atoms with Gasteiger partial charge < -0.3 is 25.4 Å². The number of hydrogen-bond donors (Lipinski definition) is 5. The number of nitrogens with one attached hydrogen (secondary N) is 3. The van der Waals surface area contributed by atoms with Gasteiger partial charge in [-0.15, -0.1) is 0 Å². The van der Waals surface area contributed by atoms with Crippen LogP contribution in [0, 0.1) is 17.7 Å². The van der Waals surface area contributed by atoms with E-state index in [1.807, 2.05) is 52.1 Å². The number of methoxy groups -OCH3 is 1. The molecule has 2 rings (SSSR count). The van der Waals surface area contributed by atoms with Crippen molar-refractivity contribution >= 4 is 40.8 Å². The summed E-state index contributed by atoms with van der Waals surface area (Å²) in [5, 5.41) is 12.8. The molecule has 2 aromatic rings. The molecule has 0 saturated carbocycles. The number of hydrogen-bond acceptors (Lipinski definition) is 8. The minimum absolute atomic E-state index is 0.145. The molecule has 7 N–H and O–H groups in total. The van der Waals surface area contributed by atoms with Crippen molar-refractivity contribution in [1.82, 2.24) is 4.90 Å². The highest BCUT2D eigenvalue weighted by Crippen LogP contribution is 2.39. The smallest absolute Gasteiger partial charge is 0.255 e. The quantitative estimate of drug-likeness (QED) is 0.0605. The topological polar surface area (TPSA) is 133 Å². The summed E-state index contributed by atoms with van der Waals surface area (Å²) in [6, 6.07) is 9.25. The van der Waals surface area contributed by atoms with Crippen molar-refractivity contribution in [2.75, 3.05) is 35.5 Å². The van der Waals surface area contributed by atoms with E-state index in [1.165, 1.54) is 23.2 Å². The third-order valence-electron chi connectivity index (χ3n) is 6.43. The molecule has 9 nitrogen and oxygen atoms in total. The summed E-state index contributed by atoms with van der Waals surface area (Å²) in [7, 11) is 3.32. The van der Waals surface area contributed by atoms with Crippen LogP contribution in [-0.2, 0) is 5.41 Å². The number of aryl methyl sites for hydroxylation is 1. The van der Waals surface area contributed by atoms with Crippen molar-refractivity contribution in [1.29, 1.82) is 5.41 Å². The first-order valence-electron chi connectivity index (χ1n) is 12.9. The largest absolute Gasteiger partial charge is 0.492 e. The van der Waals surface area contributed by atoms with Gasteiger partial charge in [0, 0.05) is 30.5 Å². The molecule has 0 aliphatic carbocycles. The van der Waals surface area contributed by atoms with Gasteiger partial charge in [-0.3, -0.25) is 15.2 Å². The van der Waals surface area contributed by atoms with Crippen LogP contribution in [0.2, 0.25) is 0 Å². The van der Waals surface area contributed by atoms with Crippen molar-refractivity contribution in [3.8, 4) is 5.75 Å². The van der Waals surface area contributed by atoms with E-state index in [0.29, 0.717) is 39.9 Å². The number of anilines is 3. The van der Waals surface area contributed by atoms with Crippen LogP contribution in [-0.4, -0.2) is 37.1 Å². The van der Waals surface area contributed by atoms with Crippen molar-refractivity contribution < 1.29 is 9.53 Å². The number of benzene rings is 2. The van der Waals surface area contributed by atoms with E-state index in [1.54, 1.807) is 31.2 Å². The van der Waals surface area contributed by atoms with Crippen LogP contribution < -0.4 is 31.4 Å². The van der Waals surface area contributed by atoms with Gasteiger partial charge in [-0.25, -0.2) is 5.84 Å². The zero-order chi connectivity index (χ0) is 30.6. The summed E-state index contributed by atoms with van der Waals surface area (Å²) in [5.41, 5.74) is 10.8. The van der Waals surface area contributed by atoms with Crippen LogP contribution >= 0.6 is 11.9 Å². The molecule has 10 heteroatoms. The number of carbonyl (C=O) groups excluding carboxylic acids is 1. The Kier molecular flexibility index (Phi) is 10.3. The Morgan fingerprint density at radius 1 is 1.12 bits per heavy atom. The van der Waals surface area contributed by atoms with Gasteiger partial charge in [0.15, 0.2) is 5.75 Å². The monoisotopic (exact) mass is 567 g/mol. The molecule has 40 heavy (non-hydrogen) atoms. The number of ether oxygens (including phenoxy) is 1. The molecule has 0 aliphatic rings. The number of amides is 1. The van der Waals surface area contributed by atoms with Crippen LogP contribution in [0.25, 0.3) is 0 Å². The Bertz CT molecular complexity index is 1310. The molecule has 0 heterocycles. The average Bonchev–Trinajstić information content (AvgIpc) is 2.86. The number of nitrogens with zero attached hydrogens (tertiary/aromatic N) is 2. The molecule has 0 atom stereocenters. The summed E-state index contributed by atoms with van der Waals surface area (Å²) in [6.07, 6.45) is 3.46. The van der Waals surface area contributed by atoms with Crippen molar-refractivity contribution in [2.24, 2.45) is 17.0 Å². The SMILES string of the molecule is C=C(/C(N)=C/N(N)c1cc(C(=O)Nc2cc(C(C)(C)C)cc(NSC)c2OC)ccc1C)N(C)C(=N)C(C)(C)C. The summed E-state index contributed by atoms with van der Waals surface area (Å²) in [4.78, 5) is 15.1. The molecule has 0 saturated heterocycles. The minimum atomic E-state index is -0.375. The van der Waals surface area contributed by atoms with Crippen LogP contribution in [0.1, 0.15) is 63.0 Å². The van der Waals surface area contributed by atoms with Gasteiger partial charge in [0.05, 0.1) is 35.6 Å². The second kappa shape index (κ2) is 12.7. The summed E-state index contributed by atoms with van der Waals surface area (Å²) >= 11 is 1.45.